The maximum atomic E-state index is 14.3. The molecular weight excluding hydrogens is 515 g/mol. The molecule has 202 valence electrons. The number of carbonyl (C=O) groups excluding carboxylic acids is 1. The predicted molar refractivity (Wildman–Crippen MR) is 145 cm³/mol. The topological polar surface area (TPSA) is 159 Å². The minimum absolute atomic E-state index is 0.171. The highest BCUT2D eigenvalue weighted by Gasteiger charge is 2.27. The van der Waals surface area contributed by atoms with Gasteiger partial charge in [0.15, 0.2) is 5.82 Å². The lowest BCUT2D eigenvalue weighted by atomic mass is 10.0. The van der Waals surface area contributed by atoms with Crippen LogP contribution in [-0.2, 0) is 7.05 Å². The van der Waals surface area contributed by atoms with Crippen molar-refractivity contribution in [2.45, 2.75) is 25.6 Å². The molecular formula is C27H25FN10O2. The van der Waals surface area contributed by atoms with Gasteiger partial charge in [0.05, 0.1) is 29.0 Å². The molecule has 1 amide bonds. The van der Waals surface area contributed by atoms with Crippen molar-refractivity contribution in [1.82, 2.24) is 40.1 Å². The highest BCUT2D eigenvalue weighted by molar-refractivity contribution is 6.00. The minimum atomic E-state index is -1.67. The van der Waals surface area contributed by atoms with Gasteiger partial charge in [0.25, 0.3) is 5.91 Å². The first-order chi connectivity index (χ1) is 19.1. The van der Waals surface area contributed by atoms with Gasteiger partial charge in [-0.3, -0.25) is 9.36 Å². The van der Waals surface area contributed by atoms with Crippen LogP contribution in [0.15, 0.2) is 61.1 Å². The van der Waals surface area contributed by atoms with Crippen molar-refractivity contribution < 1.29 is 14.3 Å². The maximum Gasteiger partial charge on any atom is 0.255 e. The fourth-order valence-electron chi connectivity index (χ4n) is 3.99. The summed E-state index contributed by atoms with van der Waals surface area (Å²) in [4.78, 5) is 22.0. The van der Waals surface area contributed by atoms with Crippen LogP contribution in [0.5, 0.6) is 0 Å². The number of hydrogen-bond acceptors (Lipinski definition) is 9. The summed E-state index contributed by atoms with van der Waals surface area (Å²) >= 11 is 0. The molecule has 0 unspecified atom stereocenters. The third-order valence-electron chi connectivity index (χ3n) is 6.29. The number of aliphatic hydroxyl groups is 1. The van der Waals surface area contributed by atoms with Crippen LogP contribution in [-0.4, -0.2) is 64.1 Å². The summed E-state index contributed by atoms with van der Waals surface area (Å²) in [7, 11) is 1.74. The van der Waals surface area contributed by atoms with Crippen molar-refractivity contribution in [3.63, 3.8) is 0 Å². The number of hydrogen-bond donors (Lipinski definition) is 3. The van der Waals surface area contributed by atoms with E-state index in [1.807, 2.05) is 30.3 Å². The molecule has 1 atom stereocenters. The summed E-state index contributed by atoms with van der Waals surface area (Å²) in [6, 6.07) is 14.6. The molecule has 0 saturated heterocycles. The molecule has 12 nitrogen and oxygen atoms in total. The van der Waals surface area contributed by atoms with Crippen LogP contribution in [0.2, 0.25) is 0 Å². The molecule has 13 heteroatoms. The molecule has 0 bridgehead atoms. The van der Waals surface area contributed by atoms with E-state index in [2.05, 4.69) is 42.2 Å². The zero-order valence-corrected chi connectivity index (χ0v) is 21.9. The van der Waals surface area contributed by atoms with Gasteiger partial charge in [0.2, 0.25) is 0 Å². The Labute approximate surface area is 228 Å². The maximum absolute atomic E-state index is 14.3. The van der Waals surface area contributed by atoms with Gasteiger partial charge in [-0.05, 0) is 60.7 Å². The SMILES string of the molecule is Cn1nnnc1-c1ccc(Nc2cc(-n3ccc4cc(C#N)cnc43)ncc2C(=O)NC[C@@H](F)C(C)(C)O)cc1. The van der Waals surface area contributed by atoms with E-state index >= 15 is 0 Å². The van der Waals surface area contributed by atoms with Crippen molar-refractivity contribution >= 4 is 28.3 Å². The Bertz CT molecular complexity index is 1730. The Morgan fingerprint density at radius 3 is 2.62 bits per heavy atom. The second-order valence-corrected chi connectivity index (χ2v) is 9.68. The van der Waals surface area contributed by atoms with Gasteiger partial charge in [-0.2, -0.15) is 5.26 Å². The van der Waals surface area contributed by atoms with Crippen LogP contribution >= 0.6 is 0 Å². The number of fused-ring (bicyclic) bond motifs is 1. The number of anilines is 2. The summed E-state index contributed by atoms with van der Waals surface area (Å²) in [5.74, 6) is 0.495. The summed E-state index contributed by atoms with van der Waals surface area (Å²) in [5, 5.41) is 37.1. The summed E-state index contributed by atoms with van der Waals surface area (Å²) in [6.07, 6.45) is 2.97. The molecule has 3 N–H and O–H groups in total. The number of aryl methyl sites for hydroxylation is 1. The van der Waals surface area contributed by atoms with E-state index in [1.54, 1.807) is 34.6 Å². The number of pyridine rings is 2. The van der Waals surface area contributed by atoms with Crippen molar-refractivity contribution in [3.05, 3.63) is 72.2 Å². The van der Waals surface area contributed by atoms with E-state index in [0.29, 0.717) is 34.2 Å². The molecule has 0 spiro atoms. The van der Waals surface area contributed by atoms with E-state index in [9.17, 15) is 19.6 Å². The summed E-state index contributed by atoms with van der Waals surface area (Å²) in [5.41, 5.74) is 1.46. The van der Waals surface area contributed by atoms with Crippen LogP contribution in [0.1, 0.15) is 29.8 Å². The number of carbonyl (C=O) groups is 1. The number of nitrogens with one attached hydrogen (secondary N) is 2. The number of tetrazole rings is 1. The largest absolute Gasteiger partial charge is 0.387 e. The first-order valence-electron chi connectivity index (χ1n) is 12.3. The highest BCUT2D eigenvalue weighted by atomic mass is 19.1. The highest BCUT2D eigenvalue weighted by Crippen LogP contribution is 2.27. The number of rotatable bonds is 8. The lowest BCUT2D eigenvalue weighted by molar-refractivity contribution is -0.00177. The van der Waals surface area contributed by atoms with E-state index in [4.69, 9.17) is 0 Å². The molecule has 4 heterocycles. The monoisotopic (exact) mass is 540 g/mol. The average molecular weight is 541 g/mol. The first kappa shape index (κ1) is 26.4. The van der Waals surface area contributed by atoms with Crippen molar-refractivity contribution in [1.29, 1.82) is 5.26 Å². The molecule has 0 fully saturated rings. The number of aromatic nitrogens is 7. The Morgan fingerprint density at radius 1 is 1.18 bits per heavy atom. The predicted octanol–water partition coefficient (Wildman–Crippen LogP) is 3.07. The van der Waals surface area contributed by atoms with Gasteiger partial charge in [-0.15, -0.1) is 5.10 Å². The second-order valence-electron chi connectivity index (χ2n) is 9.68. The van der Waals surface area contributed by atoms with Crippen LogP contribution in [0.3, 0.4) is 0 Å². The normalized spacial score (nSPS) is 12.2. The van der Waals surface area contributed by atoms with Crippen LogP contribution < -0.4 is 10.6 Å². The van der Waals surface area contributed by atoms with Gasteiger partial charge >= 0.3 is 0 Å². The Kier molecular flexibility index (Phi) is 6.93. The standard InChI is InChI=1S/C27H25FN10O2/c1-27(2,40)22(28)15-32-26(39)20-14-30-23(38-9-8-18-10-16(12-29)13-31-24(18)38)11-21(20)33-19-6-4-17(5-7-19)25-34-35-36-37(25)3/h4-11,13-14,22,40H,15H2,1-3H3,(H,30,33)(H,32,39)/t22-/m1/s1. The molecule has 5 rings (SSSR count). The third kappa shape index (κ3) is 5.33. The molecule has 40 heavy (non-hydrogen) atoms. The van der Waals surface area contributed by atoms with E-state index in [-0.39, 0.29) is 12.1 Å². The fourth-order valence-corrected chi connectivity index (χ4v) is 3.99. The van der Waals surface area contributed by atoms with Crippen molar-refractivity contribution in [3.8, 4) is 23.3 Å². The van der Waals surface area contributed by atoms with Gasteiger partial charge in [-0.25, -0.2) is 19.0 Å². The van der Waals surface area contributed by atoms with Gasteiger partial charge in [-0.1, -0.05) is 0 Å². The lowest BCUT2D eigenvalue weighted by Gasteiger charge is -2.22. The zero-order valence-electron chi connectivity index (χ0n) is 21.9. The number of alkyl halides is 1. The third-order valence-corrected chi connectivity index (χ3v) is 6.29. The second kappa shape index (κ2) is 10.5. The lowest BCUT2D eigenvalue weighted by Crippen LogP contribution is -2.42. The van der Waals surface area contributed by atoms with Crippen LogP contribution in [0, 0.1) is 11.3 Å². The van der Waals surface area contributed by atoms with Gasteiger partial charge in [0.1, 0.15) is 23.7 Å². The average Bonchev–Trinajstić information content (AvgIpc) is 3.57. The summed E-state index contributed by atoms with van der Waals surface area (Å²) in [6.45, 7) is 2.29. The molecule has 0 aliphatic heterocycles. The van der Waals surface area contributed by atoms with Crippen LogP contribution in [0.4, 0.5) is 15.8 Å². The Morgan fingerprint density at radius 2 is 1.95 bits per heavy atom. The fraction of sp³-hybridized carbons (Fsp3) is 0.222. The van der Waals surface area contributed by atoms with E-state index < -0.39 is 17.7 Å². The Balaban J connectivity index is 1.49. The van der Waals surface area contributed by atoms with Gasteiger partial charge in [0, 0.05) is 48.3 Å². The first-order valence-corrected chi connectivity index (χ1v) is 12.3. The van der Waals surface area contributed by atoms with Crippen molar-refractivity contribution in [2.75, 3.05) is 11.9 Å². The molecule has 4 aromatic heterocycles. The molecule has 0 radical (unpaired) electrons. The zero-order chi connectivity index (χ0) is 28.4. The quantitative estimate of drug-likeness (QED) is 0.269. The molecule has 0 saturated carbocycles. The minimum Gasteiger partial charge on any atom is -0.387 e. The van der Waals surface area contributed by atoms with E-state index in [0.717, 1.165) is 10.9 Å². The van der Waals surface area contributed by atoms with Crippen LogP contribution in [0.25, 0.3) is 28.2 Å². The number of benzene rings is 1. The van der Waals surface area contributed by atoms with Crippen molar-refractivity contribution in [2.24, 2.45) is 7.05 Å². The Hall–Kier alpha value is -5.22. The molecule has 0 aliphatic carbocycles. The van der Waals surface area contributed by atoms with Gasteiger partial charge < -0.3 is 15.7 Å². The molecule has 5 aromatic rings. The number of halogens is 1. The summed E-state index contributed by atoms with van der Waals surface area (Å²) < 4.78 is 17.6. The smallest absolute Gasteiger partial charge is 0.255 e. The number of amides is 1. The molecule has 1 aromatic carbocycles. The van der Waals surface area contributed by atoms with E-state index in [1.165, 1.54) is 26.2 Å². The number of nitriles is 1. The number of nitrogens with zero attached hydrogens (tertiary/aromatic N) is 8. The molecule has 0 aliphatic rings.